The van der Waals surface area contributed by atoms with E-state index < -0.39 is 0 Å². The molecule has 2 aromatic heterocycles. The van der Waals surface area contributed by atoms with Crippen molar-refractivity contribution in [1.82, 2.24) is 9.97 Å². The molecule has 2 heterocycles. The summed E-state index contributed by atoms with van der Waals surface area (Å²) < 4.78 is 9.95. The minimum atomic E-state index is -0.386. The summed E-state index contributed by atoms with van der Waals surface area (Å²) >= 11 is 5.97. The van der Waals surface area contributed by atoms with E-state index in [4.69, 9.17) is 21.1 Å². The van der Waals surface area contributed by atoms with Crippen LogP contribution in [0.4, 0.5) is 0 Å². The number of hydrogen-bond donors (Lipinski definition) is 0. The highest BCUT2D eigenvalue weighted by Crippen LogP contribution is 2.21. The van der Waals surface area contributed by atoms with Crippen molar-refractivity contribution in [3.8, 4) is 11.8 Å². The summed E-state index contributed by atoms with van der Waals surface area (Å²) in [6, 6.07) is 8.03. The molecule has 0 unspecified atom stereocenters. The first-order valence-electron chi connectivity index (χ1n) is 5.42. The predicted molar refractivity (Wildman–Crippen MR) is 70.0 cm³/mol. The Morgan fingerprint density at radius 1 is 1.05 bits per heavy atom. The zero-order chi connectivity index (χ0) is 13.8. The molecule has 0 atom stereocenters. The van der Waals surface area contributed by atoms with E-state index in [9.17, 15) is 4.79 Å². The average Bonchev–Trinajstić information content (AvgIpc) is 2.47. The van der Waals surface area contributed by atoms with Gasteiger partial charge >= 0.3 is 0 Å². The lowest BCUT2D eigenvalue weighted by atomic mass is 10.2. The Labute approximate surface area is 115 Å². The van der Waals surface area contributed by atoms with Crippen LogP contribution in [0.25, 0.3) is 0 Å². The van der Waals surface area contributed by atoms with Gasteiger partial charge in [-0.25, -0.2) is 9.97 Å². The van der Waals surface area contributed by atoms with Crippen molar-refractivity contribution in [2.24, 2.45) is 0 Å². The van der Waals surface area contributed by atoms with Gasteiger partial charge in [0, 0.05) is 12.1 Å². The fourth-order valence-corrected chi connectivity index (χ4v) is 1.66. The second kappa shape index (κ2) is 5.67. The van der Waals surface area contributed by atoms with Gasteiger partial charge in [0.2, 0.25) is 17.5 Å². The van der Waals surface area contributed by atoms with E-state index in [1.165, 1.54) is 14.2 Å². The molecule has 0 spiro atoms. The molecule has 0 aliphatic heterocycles. The van der Waals surface area contributed by atoms with Crippen LogP contribution >= 0.6 is 11.6 Å². The van der Waals surface area contributed by atoms with E-state index >= 15 is 0 Å². The third-order valence-corrected chi connectivity index (χ3v) is 2.71. The van der Waals surface area contributed by atoms with Gasteiger partial charge in [-0.3, -0.25) is 4.79 Å². The topological polar surface area (TPSA) is 61.3 Å². The van der Waals surface area contributed by atoms with Gasteiger partial charge < -0.3 is 9.47 Å². The highest BCUT2D eigenvalue weighted by Gasteiger charge is 2.17. The molecule has 0 saturated carbocycles. The van der Waals surface area contributed by atoms with Crippen molar-refractivity contribution >= 4 is 17.4 Å². The Balaban J connectivity index is 2.43. The summed E-state index contributed by atoms with van der Waals surface area (Å²) in [6.07, 6.45) is 0. The summed E-state index contributed by atoms with van der Waals surface area (Å²) in [6.45, 7) is 0. The smallest absolute Gasteiger partial charge is 0.231 e. The van der Waals surface area contributed by atoms with Gasteiger partial charge in [-0.2, -0.15) is 0 Å². The molecule has 98 valence electrons. The maximum absolute atomic E-state index is 12.3. The van der Waals surface area contributed by atoms with Crippen LogP contribution in [0.3, 0.4) is 0 Å². The number of aromatic nitrogens is 2. The summed E-state index contributed by atoms with van der Waals surface area (Å²) in [7, 11) is 2.95. The van der Waals surface area contributed by atoms with Crippen molar-refractivity contribution < 1.29 is 14.3 Å². The van der Waals surface area contributed by atoms with Gasteiger partial charge in [0.05, 0.1) is 19.2 Å². The molecular weight excluding hydrogens is 268 g/mol. The Morgan fingerprint density at radius 2 is 1.74 bits per heavy atom. The Kier molecular flexibility index (Phi) is 3.97. The van der Waals surface area contributed by atoms with E-state index in [2.05, 4.69) is 9.97 Å². The lowest BCUT2D eigenvalue weighted by Gasteiger charge is -2.05. The molecule has 0 amide bonds. The Morgan fingerprint density at radius 3 is 2.42 bits per heavy atom. The molecule has 0 aliphatic rings. The lowest BCUT2D eigenvalue weighted by molar-refractivity contribution is 0.102. The van der Waals surface area contributed by atoms with Crippen LogP contribution in [0, 0.1) is 0 Å². The molecule has 19 heavy (non-hydrogen) atoms. The number of nitrogens with zero attached hydrogens (tertiary/aromatic N) is 2. The fraction of sp³-hybridized carbons (Fsp3) is 0.154. The van der Waals surface area contributed by atoms with Crippen LogP contribution in [0.5, 0.6) is 11.8 Å². The van der Waals surface area contributed by atoms with Crippen molar-refractivity contribution in [3.05, 3.63) is 46.7 Å². The molecule has 2 rings (SSSR count). The Hall–Kier alpha value is -2.14. The molecule has 2 aromatic rings. The van der Waals surface area contributed by atoms with Crippen molar-refractivity contribution in [2.45, 2.75) is 0 Å². The van der Waals surface area contributed by atoms with E-state index in [-0.39, 0.29) is 22.2 Å². The number of halogens is 1. The molecule has 0 aliphatic carbocycles. The number of hydrogen-bond acceptors (Lipinski definition) is 5. The molecule has 0 saturated heterocycles. The number of ether oxygens (including phenoxy) is 2. The van der Waals surface area contributed by atoms with Crippen molar-refractivity contribution in [1.29, 1.82) is 0 Å². The first-order chi connectivity index (χ1) is 9.15. The van der Waals surface area contributed by atoms with Gasteiger partial charge in [0.15, 0.2) is 0 Å². The number of rotatable bonds is 4. The highest BCUT2D eigenvalue weighted by molar-refractivity contribution is 6.34. The summed E-state index contributed by atoms with van der Waals surface area (Å²) in [5, 5.41) is 0.246. The first kappa shape index (κ1) is 13.3. The first-order valence-corrected chi connectivity index (χ1v) is 5.79. The summed E-state index contributed by atoms with van der Waals surface area (Å²) in [5.74, 6) is 0.281. The standard InChI is InChI=1S/C13H11ClN2O3/c1-18-10-5-3-4-9(15-10)13(17)12-8(14)6-7-11(16-12)19-2/h3-7H,1-2H3. The van der Waals surface area contributed by atoms with Crippen LogP contribution in [0.2, 0.25) is 5.02 Å². The predicted octanol–water partition coefficient (Wildman–Crippen LogP) is 2.38. The second-order valence-electron chi connectivity index (χ2n) is 3.58. The van der Waals surface area contributed by atoms with Crippen molar-refractivity contribution in [3.63, 3.8) is 0 Å². The molecular formula is C13H11ClN2O3. The van der Waals surface area contributed by atoms with Crippen LogP contribution in [-0.2, 0) is 0 Å². The number of carbonyl (C=O) groups is 1. The van der Waals surface area contributed by atoms with Crippen LogP contribution < -0.4 is 9.47 Å². The second-order valence-corrected chi connectivity index (χ2v) is 3.99. The number of methoxy groups -OCH3 is 2. The quantitative estimate of drug-likeness (QED) is 0.804. The maximum Gasteiger partial charge on any atom is 0.231 e. The van der Waals surface area contributed by atoms with Gasteiger partial charge in [-0.05, 0) is 12.1 Å². The fourth-order valence-electron chi connectivity index (χ4n) is 1.47. The molecule has 6 heteroatoms. The normalized spacial score (nSPS) is 10.1. The monoisotopic (exact) mass is 278 g/mol. The molecule has 0 fully saturated rings. The van der Waals surface area contributed by atoms with Gasteiger partial charge in [-0.15, -0.1) is 0 Å². The van der Waals surface area contributed by atoms with E-state index in [1.54, 1.807) is 30.3 Å². The van der Waals surface area contributed by atoms with Crippen molar-refractivity contribution in [2.75, 3.05) is 14.2 Å². The average molecular weight is 279 g/mol. The molecule has 0 N–H and O–H groups in total. The van der Waals surface area contributed by atoms with Gasteiger partial charge in [-0.1, -0.05) is 17.7 Å². The van der Waals surface area contributed by atoms with E-state index in [1.807, 2.05) is 0 Å². The third-order valence-electron chi connectivity index (χ3n) is 2.41. The molecule has 0 aromatic carbocycles. The molecule has 0 radical (unpaired) electrons. The SMILES string of the molecule is COc1cccc(C(=O)c2nc(OC)ccc2Cl)n1. The molecule has 5 nitrogen and oxygen atoms in total. The lowest BCUT2D eigenvalue weighted by Crippen LogP contribution is -2.08. The number of carbonyl (C=O) groups excluding carboxylic acids is 1. The number of ketones is 1. The maximum atomic E-state index is 12.3. The van der Waals surface area contributed by atoms with Crippen LogP contribution in [0.1, 0.15) is 16.2 Å². The summed E-state index contributed by atoms with van der Waals surface area (Å²) in [5.41, 5.74) is 0.309. The van der Waals surface area contributed by atoms with E-state index in [0.717, 1.165) is 0 Å². The van der Waals surface area contributed by atoms with Crippen LogP contribution in [0.15, 0.2) is 30.3 Å². The zero-order valence-electron chi connectivity index (χ0n) is 10.4. The minimum Gasteiger partial charge on any atom is -0.481 e. The van der Waals surface area contributed by atoms with Gasteiger partial charge in [0.25, 0.3) is 0 Å². The molecule has 0 bridgehead atoms. The number of pyridine rings is 2. The largest absolute Gasteiger partial charge is 0.481 e. The summed E-state index contributed by atoms with van der Waals surface area (Å²) in [4.78, 5) is 20.4. The Bertz CT molecular complexity index is 617. The third kappa shape index (κ3) is 2.82. The zero-order valence-corrected chi connectivity index (χ0v) is 11.1. The highest BCUT2D eigenvalue weighted by atomic mass is 35.5. The van der Waals surface area contributed by atoms with Gasteiger partial charge in [0.1, 0.15) is 11.4 Å². The van der Waals surface area contributed by atoms with E-state index in [0.29, 0.717) is 11.8 Å². The minimum absolute atomic E-state index is 0.0989. The van der Waals surface area contributed by atoms with Crippen LogP contribution in [-0.4, -0.2) is 30.0 Å².